The van der Waals surface area contributed by atoms with E-state index in [-0.39, 0.29) is 11.4 Å². The second-order valence-corrected chi connectivity index (χ2v) is 5.16. The van der Waals surface area contributed by atoms with Crippen molar-refractivity contribution in [3.05, 3.63) is 51.7 Å². The van der Waals surface area contributed by atoms with Crippen molar-refractivity contribution >= 4 is 17.4 Å². The molecule has 0 radical (unpaired) electrons. The number of rotatable bonds is 3. The minimum absolute atomic E-state index is 0.0935. The van der Waals surface area contributed by atoms with Crippen LogP contribution >= 0.6 is 11.6 Å². The number of benzene rings is 1. The fraction of sp³-hybridized carbons (Fsp3) is 0.286. The van der Waals surface area contributed by atoms with Crippen molar-refractivity contribution in [1.82, 2.24) is 9.97 Å². The number of fused-ring (bicyclic) bond motifs is 1. The van der Waals surface area contributed by atoms with Gasteiger partial charge in [0.2, 0.25) is 0 Å². The lowest BCUT2D eigenvalue weighted by molar-refractivity contribution is 0.109. The first-order valence-corrected chi connectivity index (χ1v) is 6.92. The first-order chi connectivity index (χ1) is 10.2. The van der Waals surface area contributed by atoms with Crippen molar-refractivity contribution in [3.63, 3.8) is 0 Å². The van der Waals surface area contributed by atoms with Gasteiger partial charge in [0, 0.05) is 18.4 Å². The molecule has 0 unspecified atom stereocenters. The fourth-order valence-corrected chi connectivity index (χ4v) is 2.53. The highest BCUT2D eigenvalue weighted by molar-refractivity contribution is 6.30. The van der Waals surface area contributed by atoms with Crippen LogP contribution in [0.4, 0.5) is 10.2 Å². The van der Waals surface area contributed by atoms with Gasteiger partial charge < -0.3 is 10.2 Å². The molecule has 0 bridgehead atoms. The summed E-state index contributed by atoms with van der Waals surface area (Å²) in [5.41, 5.74) is 4.76. The predicted octanol–water partition coefficient (Wildman–Crippen LogP) is 2.22. The van der Waals surface area contributed by atoms with E-state index in [1.165, 1.54) is 6.07 Å². The Morgan fingerprint density at radius 3 is 3.05 bits per heavy atom. The Morgan fingerprint density at radius 2 is 2.24 bits per heavy atom. The normalized spacial score (nSPS) is 13.9. The van der Waals surface area contributed by atoms with Gasteiger partial charge in [0.15, 0.2) is 0 Å². The van der Waals surface area contributed by atoms with Gasteiger partial charge in [0.25, 0.3) is 0 Å². The molecule has 21 heavy (non-hydrogen) atoms. The van der Waals surface area contributed by atoms with Gasteiger partial charge in [-0.25, -0.2) is 20.2 Å². The third-order valence-electron chi connectivity index (χ3n) is 3.39. The first kappa shape index (κ1) is 14.2. The predicted molar refractivity (Wildman–Crippen MR) is 77.4 cm³/mol. The van der Waals surface area contributed by atoms with E-state index >= 15 is 0 Å². The van der Waals surface area contributed by atoms with Crippen LogP contribution in [0.1, 0.15) is 22.6 Å². The van der Waals surface area contributed by atoms with Crippen LogP contribution in [-0.4, -0.2) is 16.6 Å². The maximum absolute atomic E-state index is 14.0. The monoisotopic (exact) mass is 308 g/mol. The number of nitrogens with zero attached hydrogens (tertiary/aromatic N) is 2. The summed E-state index contributed by atoms with van der Waals surface area (Å²) in [5, 5.41) is 0.0935. The number of halogens is 2. The molecule has 1 aliphatic heterocycles. The lowest BCUT2D eigenvalue weighted by atomic mass is 10.1. The summed E-state index contributed by atoms with van der Waals surface area (Å²) in [6, 6.07) is 4.88. The molecule has 0 saturated heterocycles. The maximum Gasteiger partial charge on any atom is 0.149 e. The van der Waals surface area contributed by atoms with Crippen molar-refractivity contribution < 1.29 is 9.13 Å². The van der Waals surface area contributed by atoms with Crippen LogP contribution in [0.25, 0.3) is 0 Å². The van der Waals surface area contributed by atoms with Gasteiger partial charge in [-0.05, 0) is 11.6 Å². The average molecular weight is 309 g/mol. The van der Waals surface area contributed by atoms with Crippen molar-refractivity contribution in [3.8, 4) is 0 Å². The van der Waals surface area contributed by atoms with Gasteiger partial charge in [-0.3, -0.25) is 0 Å². The van der Waals surface area contributed by atoms with Crippen LogP contribution in [0.15, 0.2) is 18.2 Å². The zero-order valence-corrected chi connectivity index (χ0v) is 12.0. The Labute approximate surface area is 126 Å². The first-order valence-electron chi connectivity index (χ1n) is 6.55. The minimum atomic E-state index is -0.439. The smallest absolute Gasteiger partial charge is 0.149 e. The van der Waals surface area contributed by atoms with E-state index in [9.17, 15) is 4.39 Å². The van der Waals surface area contributed by atoms with E-state index in [0.29, 0.717) is 36.8 Å². The van der Waals surface area contributed by atoms with Gasteiger partial charge in [0.05, 0.1) is 23.9 Å². The average Bonchev–Trinajstić information content (AvgIpc) is 2.51. The van der Waals surface area contributed by atoms with E-state index in [1.807, 2.05) is 0 Å². The van der Waals surface area contributed by atoms with E-state index in [2.05, 4.69) is 15.4 Å². The second-order valence-electron chi connectivity index (χ2n) is 4.75. The van der Waals surface area contributed by atoms with Crippen LogP contribution < -0.4 is 11.3 Å². The molecular formula is C14H14ClFN4O. The summed E-state index contributed by atoms with van der Waals surface area (Å²) >= 11 is 5.79. The topological polar surface area (TPSA) is 73.1 Å². The van der Waals surface area contributed by atoms with Crippen molar-refractivity contribution in [2.45, 2.75) is 19.4 Å². The highest BCUT2D eigenvalue weighted by Gasteiger charge is 2.18. The van der Waals surface area contributed by atoms with Crippen LogP contribution in [-0.2, 0) is 24.2 Å². The molecule has 3 N–H and O–H groups in total. The van der Waals surface area contributed by atoms with Crippen molar-refractivity contribution in [1.29, 1.82) is 0 Å². The van der Waals surface area contributed by atoms with Crippen LogP contribution in [0.5, 0.6) is 0 Å². The summed E-state index contributed by atoms with van der Waals surface area (Å²) in [7, 11) is 0. The van der Waals surface area contributed by atoms with Crippen LogP contribution in [0.3, 0.4) is 0 Å². The number of hydrogen-bond donors (Lipinski definition) is 2. The summed E-state index contributed by atoms with van der Waals surface area (Å²) in [5.74, 6) is 6.09. The Morgan fingerprint density at radius 1 is 1.38 bits per heavy atom. The Kier molecular flexibility index (Phi) is 4.01. The Bertz CT molecular complexity index is 663. The lowest BCUT2D eigenvalue weighted by Crippen LogP contribution is -2.20. The number of nitrogens with two attached hydrogens (primary N) is 1. The third-order valence-corrected chi connectivity index (χ3v) is 3.68. The molecule has 3 rings (SSSR count). The molecule has 0 spiro atoms. The van der Waals surface area contributed by atoms with E-state index < -0.39 is 5.82 Å². The highest BCUT2D eigenvalue weighted by atomic mass is 35.5. The number of anilines is 1. The van der Waals surface area contributed by atoms with Crippen molar-refractivity contribution in [2.75, 3.05) is 12.0 Å². The molecule has 2 aromatic rings. The molecule has 0 amide bonds. The number of hydrogen-bond acceptors (Lipinski definition) is 5. The zero-order chi connectivity index (χ0) is 14.8. The molecule has 0 fully saturated rings. The number of hydrazine groups is 1. The minimum Gasteiger partial charge on any atom is -0.376 e. The Balaban J connectivity index is 1.97. The van der Waals surface area contributed by atoms with Gasteiger partial charge in [-0.15, -0.1) is 0 Å². The molecule has 110 valence electrons. The van der Waals surface area contributed by atoms with Gasteiger partial charge in [-0.2, -0.15) is 0 Å². The largest absolute Gasteiger partial charge is 0.376 e. The van der Waals surface area contributed by atoms with E-state index in [0.717, 1.165) is 11.3 Å². The third kappa shape index (κ3) is 2.83. The van der Waals surface area contributed by atoms with E-state index in [4.69, 9.17) is 22.2 Å². The lowest BCUT2D eigenvalue weighted by Gasteiger charge is -2.19. The summed E-state index contributed by atoms with van der Waals surface area (Å²) in [6.45, 7) is 1.04. The van der Waals surface area contributed by atoms with Crippen LogP contribution in [0.2, 0.25) is 5.02 Å². The standard InChI is InChI=1S/C14H14ClFN4O/c15-10-3-1-2-8(13(10)16)6-12-18-11-4-5-21-7-9(11)14(19-12)20-17/h1-3H,4-7,17H2,(H,18,19,20). The maximum atomic E-state index is 14.0. The quantitative estimate of drug-likeness (QED) is 0.672. The molecule has 7 heteroatoms. The molecule has 0 saturated carbocycles. The fourth-order valence-electron chi connectivity index (χ4n) is 2.34. The number of aromatic nitrogens is 2. The molecule has 0 aliphatic carbocycles. The summed E-state index contributed by atoms with van der Waals surface area (Å²) in [6.07, 6.45) is 0.951. The molecule has 5 nitrogen and oxygen atoms in total. The number of ether oxygens (including phenoxy) is 1. The molecular weight excluding hydrogens is 295 g/mol. The Hall–Kier alpha value is -1.76. The molecule has 2 heterocycles. The molecule has 1 aromatic heterocycles. The van der Waals surface area contributed by atoms with Gasteiger partial charge in [-0.1, -0.05) is 23.7 Å². The second kappa shape index (κ2) is 5.93. The summed E-state index contributed by atoms with van der Waals surface area (Å²) < 4.78 is 19.3. The van der Waals surface area contributed by atoms with Gasteiger partial charge in [0.1, 0.15) is 17.5 Å². The number of nitrogens with one attached hydrogen (secondary N) is 1. The van der Waals surface area contributed by atoms with Crippen molar-refractivity contribution in [2.24, 2.45) is 5.84 Å². The molecule has 1 aliphatic rings. The molecule has 0 atom stereocenters. The zero-order valence-electron chi connectivity index (χ0n) is 11.2. The number of nitrogen functional groups attached to an aromatic ring is 1. The van der Waals surface area contributed by atoms with Gasteiger partial charge >= 0.3 is 0 Å². The van der Waals surface area contributed by atoms with Crippen LogP contribution in [0, 0.1) is 5.82 Å². The SMILES string of the molecule is NNc1nc(Cc2cccc(Cl)c2F)nc2c1COCC2. The summed E-state index contributed by atoms with van der Waals surface area (Å²) in [4.78, 5) is 8.83. The van der Waals surface area contributed by atoms with E-state index in [1.54, 1.807) is 12.1 Å². The highest BCUT2D eigenvalue weighted by Crippen LogP contribution is 2.24. The molecule has 1 aromatic carbocycles.